The molecule has 1 aromatic carbocycles. The van der Waals surface area contributed by atoms with Gasteiger partial charge in [0.25, 0.3) is 0 Å². The summed E-state index contributed by atoms with van der Waals surface area (Å²) in [4.78, 5) is 0. The predicted molar refractivity (Wildman–Crippen MR) is 47.9 cm³/mol. The van der Waals surface area contributed by atoms with Crippen molar-refractivity contribution in [2.75, 3.05) is 6.61 Å². The normalized spacial score (nSPS) is 12.5. The lowest BCUT2D eigenvalue weighted by atomic mass is 10.3. The average Bonchev–Trinajstić information content (AvgIpc) is 2.20. The van der Waals surface area contributed by atoms with Gasteiger partial charge in [0.2, 0.25) is 5.75 Å². The van der Waals surface area contributed by atoms with Crippen LogP contribution in [0.3, 0.4) is 0 Å². The summed E-state index contributed by atoms with van der Waals surface area (Å²) in [6, 6.07) is 0.162. The van der Waals surface area contributed by atoms with Crippen molar-refractivity contribution >= 4 is 10.4 Å². The number of rotatable bonds is 4. The van der Waals surface area contributed by atoms with Crippen molar-refractivity contribution in [1.29, 1.82) is 0 Å². The van der Waals surface area contributed by atoms with E-state index in [9.17, 15) is 34.8 Å². The van der Waals surface area contributed by atoms with Crippen LogP contribution in [0.25, 0.3) is 0 Å². The molecule has 0 heterocycles. The SMILES string of the molecule is O=S(=O)(OCC(F)(F)F)Oc1c(F)cc(F)cc1F. The molecule has 0 unspecified atom stereocenters. The van der Waals surface area contributed by atoms with Crippen LogP contribution in [-0.2, 0) is 14.6 Å². The number of hydrogen-bond acceptors (Lipinski definition) is 4. The van der Waals surface area contributed by atoms with Crippen LogP contribution in [0.1, 0.15) is 0 Å². The monoisotopic (exact) mass is 310 g/mol. The zero-order valence-corrected chi connectivity index (χ0v) is 9.49. The van der Waals surface area contributed by atoms with Gasteiger partial charge in [-0.05, 0) is 0 Å². The highest BCUT2D eigenvalue weighted by Gasteiger charge is 2.32. The van der Waals surface area contributed by atoms with Gasteiger partial charge in [0.15, 0.2) is 18.2 Å². The zero-order valence-electron chi connectivity index (χ0n) is 8.67. The summed E-state index contributed by atoms with van der Waals surface area (Å²) >= 11 is 0. The first-order valence-electron chi connectivity index (χ1n) is 4.30. The lowest BCUT2D eigenvalue weighted by molar-refractivity contribution is -0.153. The van der Waals surface area contributed by atoms with E-state index in [1.165, 1.54) is 0 Å². The molecule has 0 radical (unpaired) electrons. The molecule has 0 aliphatic carbocycles. The topological polar surface area (TPSA) is 52.6 Å². The molecule has 108 valence electrons. The van der Waals surface area contributed by atoms with Gasteiger partial charge < -0.3 is 4.18 Å². The van der Waals surface area contributed by atoms with Gasteiger partial charge in [-0.25, -0.2) is 17.4 Å². The zero-order chi connectivity index (χ0) is 14.8. The van der Waals surface area contributed by atoms with Crippen LogP contribution in [0.2, 0.25) is 0 Å². The smallest absolute Gasteiger partial charge is 0.355 e. The lowest BCUT2D eigenvalue weighted by Crippen LogP contribution is -2.23. The predicted octanol–water partition coefficient (Wildman–Crippen LogP) is 2.31. The Morgan fingerprint density at radius 3 is 1.95 bits per heavy atom. The van der Waals surface area contributed by atoms with Gasteiger partial charge >= 0.3 is 16.6 Å². The van der Waals surface area contributed by atoms with Crippen molar-refractivity contribution < 1.29 is 43.1 Å². The Morgan fingerprint density at radius 1 is 1.05 bits per heavy atom. The molecule has 0 atom stereocenters. The van der Waals surface area contributed by atoms with Gasteiger partial charge in [0.1, 0.15) is 5.82 Å². The van der Waals surface area contributed by atoms with Crippen LogP contribution in [0.15, 0.2) is 12.1 Å². The summed E-state index contributed by atoms with van der Waals surface area (Å²) in [6.45, 7) is -2.24. The second kappa shape index (κ2) is 5.25. The molecule has 0 N–H and O–H groups in total. The third-order valence-electron chi connectivity index (χ3n) is 1.52. The molecule has 0 spiro atoms. The summed E-state index contributed by atoms with van der Waals surface area (Å²) in [6.07, 6.45) is -4.99. The van der Waals surface area contributed by atoms with E-state index < -0.39 is 46.4 Å². The van der Waals surface area contributed by atoms with E-state index in [1.54, 1.807) is 0 Å². The van der Waals surface area contributed by atoms with Crippen LogP contribution >= 0.6 is 0 Å². The summed E-state index contributed by atoms with van der Waals surface area (Å²) in [5.41, 5.74) is 0. The molecule has 0 aliphatic rings. The summed E-state index contributed by atoms with van der Waals surface area (Å²) < 4.78 is 102. The van der Waals surface area contributed by atoms with E-state index in [0.29, 0.717) is 0 Å². The molecule has 0 aromatic heterocycles. The van der Waals surface area contributed by atoms with Crippen molar-refractivity contribution in [3.8, 4) is 5.75 Å². The second-order valence-corrected chi connectivity index (χ2v) is 4.29. The van der Waals surface area contributed by atoms with Crippen molar-refractivity contribution in [2.45, 2.75) is 6.18 Å². The molecule has 0 fully saturated rings. The summed E-state index contributed by atoms with van der Waals surface area (Å²) in [5.74, 6) is -6.46. The molecule has 0 bridgehead atoms. The Kier molecular flexibility index (Phi) is 4.30. The second-order valence-electron chi connectivity index (χ2n) is 3.07. The molecule has 1 rings (SSSR count). The van der Waals surface area contributed by atoms with Gasteiger partial charge in [-0.3, -0.25) is 0 Å². The van der Waals surface area contributed by atoms with Crippen molar-refractivity contribution in [1.82, 2.24) is 0 Å². The molecule has 0 amide bonds. The lowest BCUT2D eigenvalue weighted by Gasteiger charge is -2.10. The third-order valence-corrected chi connectivity index (χ3v) is 2.29. The third kappa shape index (κ3) is 4.95. The van der Waals surface area contributed by atoms with Crippen LogP contribution in [0.5, 0.6) is 5.75 Å². The Labute approximate surface area is 102 Å². The number of benzene rings is 1. The molecule has 19 heavy (non-hydrogen) atoms. The van der Waals surface area contributed by atoms with Crippen molar-refractivity contribution in [2.24, 2.45) is 0 Å². The van der Waals surface area contributed by atoms with E-state index >= 15 is 0 Å². The molecule has 11 heteroatoms. The van der Waals surface area contributed by atoms with Crippen molar-refractivity contribution in [3.05, 3.63) is 29.6 Å². The fraction of sp³-hybridized carbons (Fsp3) is 0.250. The van der Waals surface area contributed by atoms with E-state index in [0.717, 1.165) is 0 Å². The minimum atomic E-state index is -5.35. The fourth-order valence-electron chi connectivity index (χ4n) is 0.874. The van der Waals surface area contributed by atoms with Crippen LogP contribution in [0.4, 0.5) is 26.3 Å². The maximum absolute atomic E-state index is 13.0. The Balaban J connectivity index is 2.90. The Morgan fingerprint density at radius 2 is 1.53 bits per heavy atom. The highest BCUT2D eigenvalue weighted by atomic mass is 32.3. The number of alkyl halides is 3. The van der Waals surface area contributed by atoms with Gasteiger partial charge in [-0.15, -0.1) is 0 Å². The minimum Gasteiger partial charge on any atom is -0.355 e. The van der Waals surface area contributed by atoms with E-state index in [2.05, 4.69) is 8.37 Å². The first-order chi connectivity index (χ1) is 8.50. The molecule has 0 aliphatic heterocycles. The van der Waals surface area contributed by atoms with Gasteiger partial charge in [0, 0.05) is 12.1 Å². The van der Waals surface area contributed by atoms with Gasteiger partial charge in [-0.1, -0.05) is 0 Å². The fourth-order valence-corrected chi connectivity index (χ4v) is 1.56. The maximum Gasteiger partial charge on any atom is 0.449 e. The average molecular weight is 310 g/mol. The first-order valence-corrected chi connectivity index (χ1v) is 5.63. The molecule has 0 saturated carbocycles. The minimum absolute atomic E-state index is 0.0810. The molecule has 0 saturated heterocycles. The van der Waals surface area contributed by atoms with Crippen LogP contribution in [-0.4, -0.2) is 21.2 Å². The van der Waals surface area contributed by atoms with Crippen molar-refractivity contribution in [3.63, 3.8) is 0 Å². The molecular weight excluding hydrogens is 306 g/mol. The van der Waals surface area contributed by atoms with E-state index in [1.807, 2.05) is 0 Å². The number of hydrogen-bond donors (Lipinski definition) is 0. The van der Waals surface area contributed by atoms with Gasteiger partial charge in [0.05, 0.1) is 0 Å². The van der Waals surface area contributed by atoms with E-state index in [4.69, 9.17) is 0 Å². The molecule has 1 aromatic rings. The first kappa shape index (κ1) is 15.6. The largest absolute Gasteiger partial charge is 0.449 e. The molecular formula is C8H4F6O4S. The summed E-state index contributed by atoms with van der Waals surface area (Å²) in [5, 5.41) is 0. The van der Waals surface area contributed by atoms with Gasteiger partial charge in [-0.2, -0.15) is 21.6 Å². The maximum atomic E-state index is 13.0. The highest BCUT2D eigenvalue weighted by Crippen LogP contribution is 2.25. The molecule has 4 nitrogen and oxygen atoms in total. The summed E-state index contributed by atoms with van der Waals surface area (Å²) in [7, 11) is -5.35. The standard InChI is InChI=1S/C8H4F6O4S/c9-4-1-5(10)7(6(11)2-4)18-19(15,16)17-3-8(12,13)14/h1-2H,3H2. The number of halogens is 6. The Hall–Kier alpha value is -1.49. The van der Waals surface area contributed by atoms with Crippen LogP contribution < -0.4 is 4.18 Å². The van der Waals surface area contributed by atoms with E-state index in [-0.39, 0.29) is 12.1 Å². The highest BCUT2D eigenvalue weighted by molar-refractivity contribution is 7.82. The quantitative estimate of drug-likeness (QED) is 0.801. The Bertz CT molecular complexity index is 544. The van der Waals surface area contributed by atoms with Crippen LogP contribution in [0, 0.1) is 17.5 Å².